The molecule has 0 radical (unpaired) electrons. The van der Waals surface area contributed by atoms with Crippen LogP contribution in [0.4, 0.5) is 0 Å². The number of rotatable bonds is 1. The van der Waals surface area contributed by atoms with Crippen LogP contribution in [-0.2, 0) is 0 Å². The summed E-state index contributed by atoms with van der Waals surface area (Å²) in [6.07, 6.45) is 4.70. The van der Waals surface area contributed by atoms with Crippen molar-refractivity contribution in [1.82, 2.24) is 0 Å². The molecule has 1 rings (SSSR count). The molecular weight excluding hydrogens is 148 g/mol. The summed E-state index contributed by atoms with van der Waals surface area (Å²) in [7, 11) is 0. The molecule has 0 aromatic rings. The topological polar surface area (TPSA) is 40.5 Å². The maximum absolute atomic E-state index is 9.65. The number of thioether (sulfide) groups is 1. The van der Waals surface area contributed by atoms with Gasteiger partial charge in [-0.15, -0.1) is 11.8 Å². The summed E-state index contributed by atoms with van der Waals surface area (Å²) in [6, 6.07) is 0. The van der Waals surface area contributed by atoms with Gasteiger partial charge in [-0.1, -0.05) is 0 Å². The van der Waals surface area contributed by atoms with E-state index in [4.69, 9.17) is 5.11 Å². The highest BCUT2D eigenvalue weighted by molar-refractivity contribution is 7.99. The van der Waals surface area contributed by atoms with E-state index in [2.05, 4.69) is 0 Å². The minimum atomic E-state index is -0.542. The Morgan fingerprint density at radius 2 is 1.90 bits per heavy atom. The van der Waals surface area contributed by atoms with Crippen molar-refractivity contribution in [2.75, 3.05) is 6.26 Å². The number of hydrogen-bond acceptors (Lipinski definition) is 3. The quantitative estimate of drug-likeness (QED) is 0.564. The first-order chi connectivity index (χ1) is 4.66. The van der Waals surface area contributed by atoms with Gasteiger partial charge < -0.3 is 10.2 Å². The van der Waals surface area contributed by atoms with Crippen LogP contribution in [-0.4, -0.2) is 27.5 Å². The smallest absolute Gasteiger partial charge is 0.110 e. The molecule has 0 amide bonds. The van der Waals surface area contributed by atoms with Crippen LogP contribution >= 0.6 is 11.8 Å². The van der Waals surface area contributed by atoms with Crippen molar-refractivity contribution in [1.29, 1.82) is 0 Å². The molecule has 0 bridgehead atoms. The predicted molar refractivity (Wildman–Crippen MR) is 42.9 cm³/mol. The van der Waals surface area contributed by atoms with Gasteiger partial charge >= 0.3 is 0 Å². The SMILES string of the molecule is CSC1(O)CCC(O)CC1. The third kappa shape index (κ3) is 1.87. The van der Waals surface area contributed by atoms with Crippen LogP contribution in [0.25, 0.3) is 0 Å². The average molecular weight is 162 g/mol. The second kappa shape index (κ2) is 3.11. The normalized spacial score (nSPS) is 41.7. The lowest BCUT2D eigenvalue weighted by Gasteiger charge is -2.32. The molecule has 0 aromatic heterocycles. The molecule has 0 saturated heterocycles. The van der Waals surface area contributed by atoms with E-state index in [0.717, 1.165) is 25.7 Å². The van der Waals surface area contributed by atoms with E-state index in [1.807, 2.05) is 6.26 Å². The first-order valence-electron chi connectivity index (χ1n) is 3.62. The van der Waals surface area contributed by atoms with Gasteiger partial charge in [0.15, 0.2) is 0 Å². The van der Waals surface area contributed by atoms with Crippen molar-refractivity contribution in [2.45, 2.75) is 36.7 Å². The van der Waals surface area contributed by atoms with Gasteiger partial charge in [0.1, 0.15) is 4.93 Å². The maximum Gasteiger partial charge on any atom is 0.110 e. The average Bonchev–Trinajstić information content (AvgIpc) is 1.96. The second-order valence-corrected chi connectivity index (χ2v) is 4.05. The van der Waals surface area contributed by atoms with Crippen molar-refractivity contribution in [3.05, 3.63) is 0 Å². The standard InChI is InChI=1S/C7H14O2S/c1-10-7(9)4-2-6(8)3-5-7/h6,8-9H,2-5H2,1H3. The Morgan fingerprint density at radius 1 is 1.40 bits per heavy atom. The summed E-state index contributed by atoms with van der Waals surface area (Å²) in [5, 5.41) is 18.8. The Bertz CT molecular complexity index is 108. The lowest BCUT2D eigenvalue weighted by molar-refractivity contribution is 0.0330. The summed E-state index contributed by atoms with van der Waals surface area (Å²) < 4.78 is 0. The number of aliphatic hydroxyl groups excluding tert-OH is 1. The van der Waals surface area contributed by atoms with Crippen LogP contribution < -0.4 is 0 Å². The summed E-state index contributed by atoms with van der Waals surface area (Å²) in [5.41, 5.74) is 0. The van der Waals surface area contributed by atoms with Gasteiger partial charge in [0, 0.05) is 0 Å². The monoisotopic (exact) mass is 162 g/mol. The number of hydrogen-bond donors (Lipinski definition) is 2. The zero-order valence-electron chi connectivity index (χ0n) is 6.21. The Morgan fingerprint density at radius 3 is 2.30 bits per heavy atom. The molecule has 2 N–H and O–H groups in total. The Hall–Kier alpha value is 0.270. The molecular formula is C7H14O2S. The molecule has 1 aliphatic rings. The van der Waals surface area contributed by atoms with Crippen LogP contribution in [0.1, 0.15) is 25.7 Å². The zero-order chi connectivity index (χ0) is 7.61. The van der Waals surface area contributed by atoms with E-state index in [-0.39, 0.29) is 6.10 Å². The maximum atomic E-state index is 9.65. The molecule has 0 heterocycles. The molecule has 0 spiro atoms. The van der Waals surface area contributed by atoms with Crippen LogP contribution in [0.2, 0.25) is 0 Å². The highest BCUT2D eigenvalue weighted by atomic mass is 32.2. The molecule has 60 valence electrons. The first-order valence-corrected chi connectivity index (χ1v) is 4.84. The highest BCUT2D eigenvalue weighted by Crippen LogP contribution is 2.35. The van der Waals surface area contributed by atoms with Gasteiger partial charge in [-0.05, 0) is 31.9 Å². The Kier molecular flexibility index (Phi) is 2.61. The van der Waals surface area contributed by atoms with Crippen molar-refractivity contribution in [3.63, 3.8) is 0 Å². The molecule has 0 aliphatic heterocycles. The molecule has 1 saturated carbocycles. The summed E-state index contributed by atoms with van der Waals surface area (Å²) in [5.74, 6) is 0. The van der Waals surface area contributed by atoms with Gasteiger partial charge in [0.2, 0.25) is 0 Å². The van der Waals surface area contributed by atoms with E-state index in [0.29, 0.717) is 0 Å². The Balaban J connectivity index is 2.38. The predicted octanol–water partition coefficient (Wildman–Crippen LogP) is 0.973. The molecule has 0 atom stereocenters. The van der Waals surface area contributed by atoms with E-state index in [1.54, 1.807) is 0 Å². The zero-order valence-corrected chi connectivity index (χ0v) is 7.02. The van der Waals surface area contributed by atoms with Crippen LogP contribution in [0.5, 0.6) is 0 Å². The van der Waals surface area contributed by atoms with Gasteiger partial charge in [-0.25, -0.2) is 0 Å². The van der Waals surface area contributed by atoms with Crippen molar-refractivity contribution in [3.8, 4) is 0 Å². The minimum absolute atomic E-state index is 0.174. The fourth-order valence-corrected chi connectivity index (χ4v) is 1.90. The molecule has 3 heteroatoms. The van der Waals surface area contributed by atoms with E-state index in [1.165, 1.54) is 11.8 Å². The lowest BCUT2D eigenvalue weighted by Crippen LogP contribution is -2.32. The van der Waals surface area contributed by atoms with Crippen LogP contribution in [0, 0.1) is 0 Å². The summed E-state index contributed by atoms with van der Waals surface area (Å²) in [4.78, 5) is -0.542. The molecule has 10 heavy (non-hydrogen) atoms. The van der Waals surface area contributed by atoms with Crippen LogP contribution in [0.3, 0.4) is 0 Å². The molecule has 1 aliphatic carbocycles. The third-order valence-corrected chi connectivity index (χ3v) is 3.28. The van der Waals surface area contributed by atoms with E-state index >= 15 is 0 Å². The fraction of sp³-hybridized carbons (Fsp3) is 1.00. The molecule has 1 fully saturated rings. The van der Waals surface area contributed by atoms with Crippen LogP contribution in [0.15, 0.2) is 0 Å². The molecule has 0 aromatic carbocycles. The van der Waals surface area contributed by atoms with Gasteiger partial charge in [0.25, 0.3) is 0 Å². The number of aliphatic hydroxyl groups is 2. The molecule has 0 unspecified atom stereocenters. The van der Waals surface area contributed by atoms with Gasteiger partial charge in [0.05, 0.1) is 6.10 Å². The van der Waals surface area contributed by atoms with Crippen molar-refractivity contribution < 1.29 is 10.2 Å². The summed E-state index contributed by atoms with van der Waals surface area (Å²) in [6.45, 7) is 0. The highest BCUT2D eigenvalue weighted by Gasteiger charge is 2.31. The first kappa shape index (κ1) is 8.37. The largest absolute Gasteiger partial charge is 0.393 e. The van der Waals surface area contributed by atoms with Crippen molar-refractivity contribution in [2.24, 2.45) is 0 Å². The minimum Gasteiger partial charge on any atom is -0.393 e. The van der Waals surface area contributed by atoms with Gasteiger partial charge in [-0.3, -0.25) is 0 Å². The van der Waals surface area contributed by atoms with E-state index < -0.39 is 4.93 Å². The second-order valence-electron chi connectivity index (χ2n) is 2.88. The fourth-order valence-electron chi connectivity index (χ4n) is 1.26. The third-order valence-electron chi connectivity index (χ3n) is 2.12. The Labute approximate surface area is 65.6 Å². The lowest BCUT2D eigenvalue weighted by atomic mass is 9.95. The van der Waals surface area contributed by atoms with E-state index in [9.17, 15) is 5.11 Å². The van der Waals surface area contributed by atoms with Crippen molar-refractivity contribution >= 4 is 11.8 Å². The molecule has 2 nitrogen and oxygen atoms in total. The van der Waals surface area contributed by atoms with Gasteiger partial charge in [-0.2, -0.15) is 0 Å². The summed E-state index contributed by atoms with van der Waals surface area (Å²) >= 11 is 1.49.